The van der Waals surface area contributed by atoms with Gasteiger partial charge in [0.25, 0.3) is 0 Å². The van der Waals surface area contributed by atoms with Crippen molar-refractivity contribution in [1.82, 2.24) is 18.3 Å². The Morgan fingerprint density at radius 3 is 0.838 bits per heavy atom. The minimum absolute atomic E-state index is 0.635. The molecule has 8 aromatic heterocycles. The Hall–Kier alpha value is -19.2. The summed E-state index contributed by atoms with van der Waals surface area (Å²) in [6.45, 7) is 0. The van der Waals surface area contributed by atoms with Gasteiger partial charge in [-0.25, -0.2) is 0 Å². The summed E-state index contributed by atoms with van der Waals surface area (Å²) >= 11 is 0. The molecule has 20 aromatic carbocycles. The highest BCUT2D eigenvalue weighted by Gasteiger charge is 2.26. The zero-order valence-corrected chi connectivity index (χ0v) is 72.8. The van der Waals surface area contributed by atoms with Crippen molar-refractivity contribution in [2.75, 3.05) is 0 Å². The quantitative estimate of drug-likeness (QED) is 0.145. The van der Waals surface area contributed by atoms with Crippen LogP contribution in [-0.2, 0) is 0 Å². The van der Waals surface area contributed by atoms with E-state index < -0.39 is 0 Å². The lowest BCUT2D eigenvalue weighted by atomic mass is 9.96. The molecule has 12 heteroatoms. The Kier molecular flexibility index (Phi) is 18.8. The van der Waals surface area contributed by atoms with E-state index in [1.54, 1.807) is 0 Å². The van der Waals surface area contributed by atoms with E-state index in [4.69, 9.17) is 17.7 Å². The van der Waals surface area contributed by atoms with Crippen LogP contribution in [0.5, 0.6) is 0 Å². The third kappa shape index (κ3) is 12.9. The molecule has 12 nitrogen and oxygen atoms in total. The molecule has 0 aliphatic rings. The Labute approximate surface area is 777 Å². The summed E-state index contributed by atoms with van der Waals surface area (Å²) in [7, 11) is 0. The predicted molar refractivity (Wildman–Crippen MR) is 553 cm³/mol. The SMILES string of the molecule is N#Cc1ccc(-c2ccc3oc4ccccc4c3c2)c(-n2c3ccccc3c3ccccc32)c1.N#Cc1ccc(-n2c3ccccc3c3ccccc32)c(-c2ccc3oc4ccccc4c3c2)c1.N#Cc1cccc(-c2ccc3oc4ccccc4c3c2)c1-n1c2ccccc2c2ccccc21.N#Cc1cccc(-n2c3ccccc3c3ccccc32)c1-c1ccc2oc3ccccc3c2c1. The van der Waals surface area contributed by atoms with Crippen LogP contribution in [0.25, 0.3) is 242 Å². The molecule has 0 N–H and O–H groups in total. The number of nitrogens with zero attached hydrogens (tertiary/aromatic N) is 8. The third-order valence-corrected chi connectivity index (χ3v) is 26.6. The van der Waals surface area contributed by atoms with Gasteiger partial charge < -0.3 is 35.9 Å². The van der Waals surface area contributed by atoms with Crippen LogP contribution in [-0.4, -0.2) is 18.3 Å². The standard InChI is InChI=1S/4C31H18N2O/c32-19-21-8-7-12-22(20-16-17-30-26(18-20)25-11-3-6-15-29(25)34-30)31(21)33-27-13-4-1-9-23(27)24-10-2-5-14-28(24)33;32-19-21-8-7-14-28(33-26-12-4-1-9-22(26)23-10-2-5-13-27(23)33)31(21)20-16-17-30-25(18-20)24-11-3-6-15-29(24)34-30;32-19-20-13-15-22(21-14-16-31-26(18-21)25-9-3-6-12-30(25)34-31)29(17-20)33-27-10-4-1-7-23(27)24-8-2-5-11-28(24)33;32-19-20-13-15-29(33-27-10-4-1-7-22(27)23-8-2-5-11-28(23)33)25(17-20)21-14-16-31-26(18-21)24-9-3-6-12-30(24)34-31/h4*1-18H. The van der Waals surface area contributed by atoms with Crippen molar-refractivity contribution in [1.29, 1.82) is 21.0 Å². The minimum atomic E-state index is 0.635. The topological polar surface area (TPSA) is 167 Å². The van der Waals surface area contributed by atoms with E-state index in [0.717, 1.165) is 199 Å². The molecule has 136 heavy (non-hydrogen) atoms. The van der Waals surface area contributed by atoms with Crippen LogP contribution in [0, 0.1) is 45.3 Å². The van der Waals surface area contributed by atoms with Crippen LogP contribution in [0.2, 0.25) is 0 Å². The van der Waals surface area contributed by atoms with Crippen molar-refractivity contribution in [3.63, 3.8) is 0 Å². The van der Waals surface area contributed by atoms with Gasteiger partial charge in [-0.05, 0) is 192 Å². The van der Waals surface area contributed by atoms with Crippen molar-refractivity contribution in [3.05, 3.63) is 459 Å². The summed E-state index contributed by atoms with van der Waals surface area (Å²) in [5.74, 6) is 0. The molecule has 0 fully saturated rings. The van der Waals surface area contributed by atoms with Crippen LogP contribution in [0.1, 0.15) is 22.3 Å². The molecule has 0 spiro atoms. The summed E-state index contributed by atoms with van der Waals surface area (Å²) in [6, 6.07) is 158. The highest BCUT2D eigenvalue weighted by Crippen LogP contribution is 2.47. The molecular formula is C124H72N8O4. The smallest absolute Gasteiger partial charge is 0.135 e. The fraction of sp³-hybridized carbons (Fsp3) is 0. The van der Waals surface area contributed by atoms with Gasteiger partial charge in [-0.2, -0.15) is 21.0 Å². The average Bonchev–Trinajstić information content (AvgIpc) is 1.58. The zero-order chi connectivity index (χ0) is 90.6. The maximum atomic E-state index is 10.1. The maximum Gasteiger partial charge on any atom is 0.135 e. The van der Waals surface area contributed by atoms with Crippen molar-refractivity contribution in [3.8, 4) is 91.5 Å². The highest BCUT2D eigenvalue weighted by molar-refractivity contribution is 6.17. The summed E-state index contributed by atoms with van der Waals surface area (Å²) in [4.78, 5) is 0. The van der Waals surface area contributed by atoms with Crippen molar-refractivity contribution < 1.29 is 17.7 Å². The molecule has 0 saturated carbocycles. The summed E-state index contributed by atoms with van der Waals surface area (Å²) in [5, 5.41) is 57.8. The second-order valence-electron chi connectivity index (χ2n) is 34.0. The molecule has 0 saturated heterocycles. The zero-order valence-electron chi connectivity index (χ0n) is 72.8. The van der Waals surface area contributed by atoms with E-state index in [2.05, 4.69) is 334 Å². The fourth-order valence-corrected chi connectivity index (χ4v) is 20.6. The van der Waals surface area contributed by atoms with Gasteiger partial charge in [-0.15, -0.1) is 0 Å². The molecular weight excluding hydrogens is 1670 g/mol. The molecule has 0 radical (unpaired) electrons. The number of rotatable bonds is 8. The van der Waals surface area contributed by atoms with E-state index >= 15 is 0 Å². The monoisotopic (exact) mass is 1740 g/mol. The summed E-state index contributed by atoms with van der Waals surface area (Å²) < 4.78 is 33.3. The summed E-state index contributed by atoms with van der Waals surface area (Å²) in [6.07, 6.45) is 0. The minimum Gasteiger partial charge on any atom is -0.456 e. The molecule has 28 rings (SSSR count). The van der Waals surface area contributed by atoms with Crippen LogP contribution < -0.4 is 0 Å². The van der Waals surface area contributed by atoms with Crippen LogP contribution in [0.3, 0.4) is 0 Å². The predicted octanol–water partition coefficient (Wildman–Crippen LogP) is 32.9. The van der Waals surface area contributed by atoms with Gasteiger partial charge in [0.1, 0.15) is 50.7 Å². The number of benzene rings is 20. The normalized spacial score (nSPS) is 11.5. The molecule has 0 bridgehead atoms. The number of furan rings is 4. The second kappa shape index (κ2) is 32.4. The Morgan fingerprint density at radius 2 is 0.456 bits per heavy atom. The van der Waals surface area contributed by atoms with Crippen LogP contribution in [0.4, 0.5) is 0 Å². The first-order chi connectivity index (χ1) is 67.3. The van der Waals surface area contributed by atoms with E-state index in [9.17, 15) is 21.0 Å². The van der Waals surface area contributed by atoms with Gasteiger partial charge in [-0.3, -0.25) is 0 Å². The van der Waals surface area contributed by atoms with Crippen molar-refractivity contribution in [2.45, 2.75) is 0 Å². The third-order valence-electron chi connectivity index (χ3n) is 26.6. The Balaban J connectivity index is 0.0000000965. The largest absolute Gasteiger partial charge is 0.456 e. The van der Waals surface area contributed by atoms with E-state index in [-0.39, 0.29) is 0 Å². The first-order valence-electron chi connectivity index (χ1n) is 45.1. The number of para-hydroxylation sites is 13. The fourth-order valence-electron chi connectivity index (χ4n) is 20.6. The molecule has 0 aliphatic carbocycles. The second-order valence-corrected chi connectivity index (χ2v) is 34.0. The Bertz CT molecular complexity index is 9570. The number of hydrogen-bond acceptors (Lipinski definition) is 8. The first-order valence-corrected chi connectivity index (χ1v) is 45.1. The van der Waals surface area contributed by atoms with E-state index in [1.165, 1.54) is 43.1 Å². The van der Waals surface area contributed by atoms with Gasteiger partial charge in [-0.1, -0.05) is 267 Å². The molecule has 28 aromatic rings. The molecule has 0 aliphatic heterocycles. The van der Waals surface area contributed by atoms with Crippen molar-refractivity contribution >= 4 is 175 Å². The lowest BCUT2D eigenvalue weighted by Gasteiger charge is -2.16. The first kappa shape index (κ1) is 79.0. The van der Waals surface area contributed by atoms with Gasteiger partial charge in [0.15, 0.2) is 0 Å². The summed E-state index contributed by atoms with van der Waals surface area (Å²) in [5.41, 5.74) is 30.5. The highest BCUT2D eigenvalue weighted by atomic mass is 16.3. The number of aromatic nitrogens is 4. The van der Waals surface area contributed by atoms with Crippen LogP contribution in [0.15, 0.2) is 454 Å². The molecule has 632 valence electrons. The van der Waals surface area contributed by atoms with Crippen molar-refractivity contribution in [2.24, 2.45) is 0 Å². The van der Waals surface area contributed by atoms with Gasteiger partial charge in [0, 0.05) is 108 Å². The van der Waals surface area contributed by atoms with Gasteiger partial charge in [0.05, 0.1) is 107 Å². The van der Waals surface area contributed by atoms with Gasteiger partial charge >= 0.3 is 0 Å². The molecule has 8 heterocycles. The molecule has 0 unspecified atom stereocenters. The Morgan fingerprint density at radius 1 is 0.169 bits per heavy atom. The number of nitriles is 4. The van der Waals surface area contributed by atoms with E-state index in [1.807, 2.05) is 146 Å². The average molecular weight is 1740 g/mol. The van der Waals surface area contributed by atoms with Gasteiger partial charge in [0.2, 0.25) is 0 Å². The maximum absolute atomic E-state index is 10.1. The lowest BCUT2D eigenvalue weighted by molar-refractivity contribution is 0.668. The number of hydrogen-bond donors (Lipinski definition) is 0. The van der Waals surface area contributed by atoms with E-state index in [0.29, 0.717) is 22.3 Å². The molecule has 0 amide bonds. The lowest BCUT2D eigenvalue weighted by Crippen LogP contribution is -2.00. The van der Waals surface area contributed by atoms with Crippen LogP contribution >= 0.6 is 0 Å². The number of fused-ring (bicyclic) bond motifs is 24. The molecule has 0 atom stereocenters.